The molecule has 0 saturated heterocycles. The van der Waals surface area contributed by atoms with Crippen molar-refractivity contribution in [3.8, 4) is 0 Å². The van der Waals surface area contributed by atoms with E-state index < -0.39 is 0 Å². The summed E-state index contributed by atoms with van der Waals surface area (Å²) in [6.07, 6.45) is 5.87. The molecule has 2 aliphatic rings. The molecule has 0 aliphatic heterocycles. The number of hydrogen-bond acceptors (Lipinski definition) is 2. The Kier molecular flexibility index (Phi) is 3.46. The maximum atomic E-state index is 4.80. The van der Waals surface area contributed by atoms with Crippen LogP contribution in [0.2, 0.25) is 0 Å². The molecule has 1 N–H and O–H groups in total. The van der Waals surface area contributed by atoms with E-state index in [1.807, 2.05) is 0 Å². The summed E-state index contributed by atoms with van der Waals surface area (Å²) in [5.74, 6) is 4.17. The van der Waals surface area contributed by atoms with Crippen LogP contribution < -0.4 is 5.32 Å². The molecule has 1 heterocycles. The van der Waals surface area contributed by atoms with Gasteiger partial charge < -0.3 is 9.88 Å². The molecule has 4 rings (SSSR count). The standard InChI is InChI=1S/C18H25N3/c1-2-21-17-6-4-3-5-16(17)20-18(21)12-19-11-15(13-7-8-13)14-9-10-14/h3-6,13-15,19H,2,7-12H2,1H3. The lowest BCUT2D eigenvalue weighted by Gasteiger charge is -2.16. The first-order valence-corrected chi connectivity index (χ1v) is 8.51. The largest absolute Gasteiger partial charge is 0.327 e. The van der Waals surface area contributed by atoms with Gasteiger partial charge in [-0.25, -0.2) is 4.98 Å². The quantitative estimate of drug-likeness (QED) is 0.841. The van der Waals surface area contributed by atoms with Crippen molar-refractivity contribution in [3.05, 3.63) is 30.1 Å². The normalized spacial score (nSPS) is 18.8. The lowest BCUT2D eigenvalue weighted by Crippen LogP contribution is -2.26. The lowest BCUT2D eigenvalue weighted by molar-refractivity contribution is 0.375. The Morgan fingerprint density at radius 2 is 1.90 bits per heavy atom. The van der Waals surface area contributed by atoms with Gasteiger partial charge in [-0.3, -0.25) is 0 Å². The van der Waals surface area contributed by atoms with Crippen molar-refractivity contribution < 1.29 is 0 Å². The SMILES string of the molecule is CCn1c(CNCC(C2CC2)C2CC2)nc2ccccc21. The molecule has 0 atom stereocenters. The van der Waals surface area contributed by atoms with E-state index in [1.165, 1.54) is 43.6 Å². The molecule has 1 aromatic heterocycles. The number of imidazole rings is 1. The highest BCUT2D eigenvalue weighted by Gasteiger charge is 2.40. The molecule has 0 unspecified atom stereocenters. The molecular formula is C18H25N3. The summed E-state index contributed by atoms with van der Waals surface area (Å²) in [5.41, 5.74) is 2.38. The molecule has 2 fully saturated rings. The molecule has 2 saturated carbocycles. The number of nitrogens with zero attached hydrogens (tertiary/aromatic N) is 2. The van der Waals surface area contributed by atoms with Gasteiger partial charge in [0.15, 0.2) is 0 Å². The van der Waals surface area contributed by atoms with Crippen molar-refractivity contribution >= 4 is 11.0 Å². The first-order chi connectivity index (χ1) is 10.4. The number of aryl methyl sites for hydroxylation is 1. The molecule has 21 heavy (non-hydrogen) atoms. The summed E-state index contributed by atoms with van der Waals surface area (Å²) in [7, 11) is 0. The molecule has 0 bridgehead atoms. The van der Waals surface area contributed by atoms with E-state index in [4.69, 9.17) is 4.98 Å². The van der Waals surface area contributed by atoms with Crippen LogP contribution in [0.5, 0.6) is 0 Å². The predicted octanol–water partition coefficient (Wildman–Crippen LogP) is 3.58. The summed E-state index contributed by atoms with van der Waals surface area (Å²) in [4.78, 5) is 4.80. The van der Waals surface area contributed by atoms with Crippen molar-refractivity contribution in [2.24, 2.45) is 17.8 Å². The van der Waals surface area contributed by atoms with E-state index in [-0.39, 0.29) is 0 Å². The Balaban J connectivity index is 1.44. The van der Waals surface area contributed by atoms with Gasteiger partial charge in [0.05, 0.1) is 17.6 Å². The van der Waals surface area contributed by atoms with Gasteiger partial charge in [0.1, 0.15) is 5.82 Å². The number of aromatic nitrogens is 2. The van der Waals surface area contributed by atoms with Crippen molar-refractivity contribution in [3.63, 3.8) is 0 Å². The van der Waals surface area contributed by atoms with E-state index in [2.05, 4.69) is 41.1 Å². The van der Waals surface area contributed by atoms with Crippen LogP contribution in [0.25, 0.3) is 11.0 Å². The minimum atomic E-state index is 0.901. The molecule has 0 spiro atoms. The first kappa shape index (κ1) is 13.3. The summed E-state index contributed by atoms with van der Waals surface area (Å²) in [6, 6.07) is 8.46. The van der Waals surface area contributed by atoms with Crippen LogP contribution in [-0.4, -0.2) is 16.1 Å². The molecule has 0 radical (unpaired) electrons. The second-order valence-electron chi connectivity index (χ2n) is 6.73. The second kappa shape index (κ2) is 5.45. The van der Waals surface area contributed by atoms with Crippen LogP contribution in [0.3, 0.4) is 0 Å². The van der Waals surface area contributed by atoms with Crippen molar-refractivity contribution in [2.45, 2.75) is 45.7 Å². The fraction of sp³-hybridized carbons (Fsp3) is 0.611. The average Bonchev–Trinajstić information content (AvgIpc) is 3.40. The third-order valence-corrected chi connectivity index (χ3v) is 5.17. The Morgan fingerprint density at radius 1 is 1.19 bits per heavy atom. The zero-order valence-electron chi connectivity index (χ0n) is 12.9. The van der Waals surface area contributed by atoms with Gasteiger partial charge in [-0.1, -0.05) is 12.1 Å². The molecule has 3 heteroatoms. The Labute approximate surface area is 126 Å². The Morgan fingerprint density at radius 3 is 2.57 bits per heavy atom. The van der Waals surface area contributed by atoms with Gasteiger partial charge in [-0.05, 0) is 69.0 Å². The summed E-state index contributed by atoms with van der Waals surface area (Å²) in [6.45, 7) is 5.28. The van der Waals surface area contributed by atoms with E-state index in [0.29, 0.717) is 0 Å². The van der Waals surface area contributed by atoms with Crippen LogP contribution in [0, 0.1) is 17.8 Å². The van der Waals surface area contributed by atoms with Gasteiger partial charge in [0.25, 0.3) is 0 Å². The molecule has 2 aliphatic carbocycles. The van der Waals surface area contributed by atoms with Crippen LogP contribution in [-0.2, 0) is 13.1 Å². The minimum absolute atomic E-state index is 0.901. The van der Waals surface area contributed by atoms with E-state index in [9.17, 15) is 0 Å². The number of fused-ring (bicyclic) bond motifs is 1. The molecule has 2 aromatic rings. The van der Waals surface area contributed by atoms with Crippen molar-refractivity contribution in [1.29, 1.82) is 0 Å². The van der Waals surface area contributed by atoms with Gasteiger partial charge in [0, 0.05) is 6.54 Å². The predicted molar refractivity (Wildman–Crippen MR) is 86.1 cm³/mol. The van der Waals surface area contributed by atoms with E-state index in [0.717, 1.165) is 36.4 Å². The van der Waals surface area contributed by atoms with Crippen molar-refractivity contribution in [2.75, 3.05) is 6.54 Å². The monoisotopic (exact) mass is 283 g/mol. The fourth-order valence-electron chi connectivity index (χ4n) is 3.73. The van der Waals surface area contributed by atoms with Crippen molar-refractivity contribution in [1.82, 2.24) is 14.9 Å². The summed E-state index contributed by atoms with van der Waals surface area (Å²) < 4.78 is 2.34. The highest BCUT2D eigenvalue weighted by atomic mass is 15.1. The highest BCUT2D eigenvalue weighted by molar-refractivity contribution is 5.75. The molecule has 112 valence electrons. The number of para-hydroxylation sites is 2. The van der Waals surface area contributed by atoms with E-state index in [1.54, 1.807) is 0 Å². The molecule has 3 nitrogen and oxygen atoms in total. The minimum Gasteiger partial charge on any atom is -0.327 e. The number of rotatable bonds is 7. The lowest BCUT2D eigenvalue weighted by atomic mass is 9.98. The molecular weight excluding hydrogens is 258 g/mol. The maximum absolute atomic E-state index is 4.80. The number of nitrogens with one attached hydrogen (secondary N) is 1. The smallest absolute Gasteiger partial charge is 0.123 e. The van der Waals surface area contributed by atoms with Gasteiger partial charge >= 0.3 is 0 Å². The third-order valence-electron chi connectivity index (χ3n) is 5.17. The number of hydrogen-bond donors (Lipinski definition) is 1. The molecule has 1 aromatic carbocycles. The van der Waals surface area contributed by atoms with Crippen LogP contribution in [0.4, 0.5) is 0 Å². The fourth-order valence-corrected chi connectivity index (χ4v) is 3.73. The van der Waals surface area contributed by atoms with Gasteiger partial charge in [-0.15, -0.1) is 0 Å². The first-order valence-electron chi connectivity index (χ1n) is 8.51. The van der Waals surface area contributed by atoms with Gasteiger partial charge in [0.2, 0.25) is 0 Å². The second-order valence-corrected chi connectivity index (χ2v) is 6.73. The third kappa shape index (κ3) is 2.71. The number of benzene rings is 1. The summed E-state index contributed by atoms with van der Waals surface area (Å²) in [5, 5.41) is 3.70. The van der Waals surface area contributed by atoms with Gasteiger partial charge in [-0.2, -0.15) is 0 Å². The Hall–Kier alpha value is -1.35. The maximum Gasteiger partial charge on any atom is 0.123 e. The summed E-state index contributed by atoms with van der Waals surface area (Å²) >= 11 is 0. The highest BCUT2D eigenvalue weighted by Crippen LogP contribution is 2.48. The van der Waals surface area contributed by atoms with Crippen LogP contribution in [0.15, 0.2) is 24.3 Å². The zero-order valence-corrected chi connectivity index (χ0v) is 12.9. The zero-order chi connectivity index (χ0) is 14.2. The average molecular weight is 283 g/mol. The van der Waals surface area contributed by atoms with Crippen LogP contribution >= 0.6 is 0 Å². The van der Waals surface area contributed by atoms with E-state index >= 15 is 0 Å². The Bertz CT molecular complexity index is 610. The molecule has 0 amide bonds. The topological polar surface area (TPSA) is 29.9 Å². The van der Waals surface area contributed by atoms with Crippen LogP contribution in [0.1, 0.15) is 38.4 Å².